The lowest BCUT2D eigenvalue weighted by Crippen LogP contribution is -2.35. The van der Waals surface area contributed by atoms with Gasteiger partial charge in [0.25, 0.3) is 0 Å². The van der Waals surface area contributed by atoms with Crippen LogP contribution in [0.3, 0.4) is 0 Å². The second-order valence-corrected chi connectivity index (χ2v) is 7.66. The summed E-state index contributed by atoms with van der Waals surface area (Å²) in [5.74, 6) is 0.808. The van der Waals surface area contributed by atoms with Crippen LogP contribution >= 0.6 is 0 Å². The van der Waals surface area contributed by atoms with Gasteiger partial charge in [-0.3, -0.25) is 0 Å². The summed E-state index contributed by atoms with van der Waals surface area (Å²) in [6.07, 6.45) is 1.55. The zero-order valence-electron chi connectivity index (χ0n) is 12.2. The molecule has 2 aromatic carbocycles. The van der Waals surface area contributed by atoms with Crippen LogP contribution in [0.4, 0.5) is 0 Å². The summed E-state index contributed by atoms with van der Waals surface area (Å²) in [5.41, 5.74) is 3.33. The Morgan fingerprint density at radius 1 is 0.955 bits per heavy atom. The Balaban J connectivity index is 1.67. The van der Waals surface area contributed by atoms with Crippen LogP contribution in [0.15, 0.2) is 47.4 Å². The van der Waals surface area contributed by atoms with Crippen molar-refractivity contribution in [3.63, 3.8) is 0 Å². The van der Waals surface area contributed by atoms with Gasteiger partial charge in [-0.1, -0.05) is 24.3 Å². The number of benzene rings is 2. The van der Waals surface area contributed by atoms with E-state index in [2.05, 4.69) is 6.07 Å². The average Bonchev–Trinajstić information content (AvgIpc) is 3.02. The molecule has 4 nitrogen and oxygen atoms in total. The van der Waals surface area contributed by atoms with Gasteiger partial charge in [0, 0.05) is 19.5 Å². The van der Waals surface area contributed by atoms with Crippen molar-refractivity contribution in [1.82, 2.24) is 4.31 Å². The van der Waals surface area contributed by atoms with Gasteiger partial charge in [-0.15, -0.1) is 0 Å². The first-order chi connectivity index (χ1) is 10.6. The maximum Gasteiger partial charge on any atom is 0.243 e. The molecule has 0 amide bonds. The fourth-order valence-corrected chi connectivity index (χ4v) is 4.62. The van der Waals surface area contributed by atoms with Crippen LogP contribution in [0.1, 0.15) is 16.7 Å². The number of ether oxygens (including phenoxy) is 1. The van der Waals surface area contributed by atoms with Crippen LogP contribution < -0.4 is 4.74 Å². The molecule has 0 N–H and O–H groups in total. The number of nitrogens with zero attached hydrogens (tertiary/aromatic N) is 1. The first-order valence-electron chi connectivity index (χ1n) is 7.47. The van der Waals surface area contributed by atoms with Crippen LogP contribution in [-0.4, -0.2) is 25.9 Å². The highest BCUT2D eigenvalue weighted by Gasteiger charge is 2.29. The predicted octanol–water partition coefficient (Wildman–Crippen LogP) is 2.37. The molecular formula is C17H17NO3S. The number of fused-ring (bicyclic) bond motifs is 2. The molecule has 0 bridgehead atoms. The zero-order chi connectivity index (χ0) is 15.2. The van der Waals surface area contributed by atoms with Gasteiger partial charge in [-0.2, -0.15) is 4.31 Å². The van der Waals surface area contributed by atoms with E-state index in [0.29, 0.717) is 24.6 Å². The lowest BCUT2D eigenvalue weighted by Gasteiger charge is -2.28. The van der Waals surface area contributed by atoms with Crippen molar-refractivity contribution in [2.45, 2.75) is 24.3 Å². The average molecular weight is 315 g/mol. The normalized spacial score (nSPS) is 17.6. The van der Waals surface area contributed by atoms with Crippen molar-refractivity contribution in [3.05, 3.63) is 59.2 Å². The van der Waals surface area contributed by atoms with Gasteiger partial charge in [-0.05, 0) is 41.3 Å². The summed E-state index contributed by atoms with van der Waals surface area (Å²) in [5, 5.41) is 0. The number of hydrogen-bond acceptors (Lipinski definition) is 3. The molecule has 0 atom stereocenters. The third-order valence-corrected chi connectivity index (χ3v) is 6.24. The molecular weight excluding hydrogens is 298 g/mol. The van der Waals surface area contributed by atoms with Crippen molar-refractivity contribution >= 4 is 10.0 Å². The highest BCUT2D eigenvalue weighted by atomic mass is 32.2. The van der Waals surface area contributed by atoms with Crippen molar-refractivity contribution < 1.29 is 13.2 Å². The van der Waals surface area contributed by atoms with Crippen LogP contribution in [0, 0.1) is 0 Å². The molecule has 114 valence electrons. The summed E-state index contributed by atoms with van der Waals surface area (Å²) < 4.78 is 32.8. The largest absolute Gasteiger partial charge is 0.493 e. The monoisotopic (exact) mass is 315 g/mol. The highest BCUT2D eigenvalue weighted by Crippen LogP contribution is 2.30. The zero-order valence-corrected chi connectivity index (χ0v) is 13.0. The molecule has 2 aromatic rings. The third-order valence-electron chi connectivity index (χ3n) is 4.39. The standard InChI is InChI=1S/C17H17NO3S/c19-22(20,16-5-6-17-14(11-16)8-10-21-17)18-9-7-13-3-1-2-4-15(13)12-18/h1-6,11H,7-10,12H2. The Kier molecular flexibility index (Phi) is 3.20. The molecule has 0 fully saturated rings. The minimum atomic E-state index is -3.45. The maximum atomic E-state index is 12.9. The quantitative estimate of drug-likeness (QED) is 0.855. The minimum absolute atomic E-state index is 0.371. The molecule has 5 heteroatoms. The summed E-state index contributed by atoms with van der Waals surface area (Å²) in [7, 11) is -3.45. The van der Waals surface area contributed by atoms with Gasteiger partial charge in [0.1, 0.15) is 5.75 Å². The number of hydrogen-bond donors (Lipinski definition) is 0. The Bertz CT molecular complexity index is 830. The second kappa shape index (κ2) is 5.11. The lowest BCUT2D eigenvalue weighted by atomic mass is 10.0. The van der Waals surface area contributed by atoms with Gasteiger partial charge in [0.15, 0.2) is 0 Å². The molecule has 0 radical (unpaired) electrons. The van der Waals surface area contributed by atoms with Crippen molar-refractivity contribution in [2.24, 2.45) is 0 Å². The van der Waals surface area contributed by atoms with Crippen molar-refractivity contribution in [1.29, 1.82) is 0 Å². The summed E-state index contributed by atoms with van der Waals surface area (Å²) >= 11 is 0. The number of rotatable bonds is 2. The van der Waals surface area contributed by atoms with Gasteiger partial charge in [-0.25, -0.2) is 8.42 Å². The molecule has 0 aromatic heterocycles. The minimum Gasteiger partial charge on any atom is -0.493 e. The van der Waals surface area contributed by atoms with Crippen LogP contribution in [0.5, 0.6) is 5.75 Å². The molecule has 0 spiro atoms. The first-order valence-corrected chi connectivity index (χ1v) is 8.91. The Morgan fingerprint density at radius 3 is 2.64 bits per heavy atom. The van der Waals surface area contributed by atoms with E-state index in [1.54, 1.807) is 22.5 Å². The molecule has 22 heavy (non-hydrogen) atoms. The molecule has 2 aliphatic heterocycles. The van der Waals surface area contributed by atoms with E-state index in [0.717, 1.165) is 29.7 Å². The summed E-state index contributed by atoms with van der Waals surface area (Å²) in [6, 6.07) is 13.2. The fraction of sp³-hybridized carbons (Fsp3) is 0.294. The van der Waals surface area contributed by atoms with Crippen molar-refractivity contribution in [2.75, 3.05) is 13.2 Å². The van der Waals surface area contributed by atoms with Crippen molar-refractivity contribution in [3.8, 4) is 5.75 Å². The summed E-state index contributed by atoms with van der Waals surface area (Å²) in [4.78, 5) is 0.371. The van der Waals surface area contributed by atoms with Gasteiger partial charge in [0.05, 0.1) is 11.5 Å². The Morgan fingerprint density at radius 2 is 1.77 bits per heavy atom. The van der Waals surface area contributed by atoms with E-state index in [9.17, 15) is 8.42 Å². The SMILES string of the molecule is O=S(=O)(c1ccc2c(c1)CCO2)N1CCc2ccccc2C1. The number of sulfonamides is 1. The Labute approximate surface area is 130 Å². The highest BCUT2D eigenvalue weighted by molar-refractivity contribution is 7.89. The third kappa shape index (κ3) is 2.21. The molecule has 0 aliphatic carbocycles. The molecule has 0 unspecified atom stereocenters. The van der Waals surface area contributed by atoms with E-state index in [-0.39, 0.29) is 0 Å². The second-order valence-electron chi connectivity index (χ2n) is 5.73. The molecule has 2 heterocycles. The van der Waals surface area contributed by atoms with E-state index < -0.39 is 10.0 Å². The van der Waals surface area contributed by atoms with Crippen LogP contribution in [0.2, 0.25) is 0 Å². The Hall–Kier alpha value is -1.85. The molecule has 2 aliphatic rings. The molecule has 0 saturated heterocycles. The molecule has 4 rings (SSSR count). The van der Waals surface area contributed by atoms with E-state index in [1.165, 1.54) is 5.56 Å². The maximum absolute atomic E-state index is 12.9. The van der Waals surface area contributed by atoms with Crippen LogP contribution in [-0.2, 0) is 29.4 Å². The molecule has 0 saturated carbocycles. The fourth-order valence-electron chi connectivity index (χ4n) is 3.15. The first kappa shape index (κ1) is 13.8. The lowest BCUT2D eigenvalue weighted by molar-refractivity contribution is 0.356. The van der Waals surface area contributed by atoms with Crippen LogP contribution in [0.25, 0.3) is 0 Å². The van der Waals surface area contributed by atoms with E-state index in [4.69, 9.17) is 4.74 Å². The van der Waals surface area contributed by atoms with E-state index in [1.807, 2.05) is 18.2 Å². The topological polar surface area (TPSA) is 46.6 Å². The summed E-state index contributed by atoms with van der Waals surface area (Å²) in [6.45, 7) is 1.62. The smallest absolute Gasteiger partial charge is 0.243 e. The van der Waals surface area contributed by atoms with Gasteiger partial charge in [0.2, 0.25) is 10.0 Å². The van der Waals surface area contributed by atoms with Gasteiger partial charge < -0.3 is 4.74 Å². The van der Waals surface area contributed by atoms with E-state index >= 15 is 0 Å². The van der Waals surface area contributed by atoms with Gasteiger partial charge >= 0.3 is 0 Å². The predicted molar refractivity (Wildman–Crippen MR) is 83.4 cm³/mol.